The van der Waals surface area contributed by atoms with Crippen molar-refractivity contribution < 1.29 is 22.0 Å². The molecule has 2 aromatic rings. The van der Waals surface area contributed by atoms with Gasteiger partial charge >= 0.3 is 6.18 Å². The summed E-state index contributed by atoms with van der Waals surface area (Å²) in [7, 11) is 1.14. The van der Waals surface area contributed by atoms with E-state index in [1.54, 1.807) is 6.07 Å². The number of aromatic nitrogens is 1. The average molecular weight is 327 g/mol. The summed E-state index contributed by atoms with van der Waals surface area (Å²) >= 11 is 0. The van der Waals surface area contributed by atoms with Gasteiger partial charge in [-0.05, 0) is 23.8 Å². The van der Waals surface area contributed by atoms with Crippen LogP contribution in [0.5, 0.6) is 0 Å². The van der Waals surface area contributed by atoms with Gasteiger partial charge in [0.2, 0.25) is 0 Å². The number of anilines is 1. The molecule has 0 N–H and O–H groups in total. The molecule has 1 aromatic heterocycles. The fourth-order valence-electron chi connectivity index (χ4n) is 2.15. The molecule has 0 aliphatic heterocycles. The molecule has 2 rings (SSSR count). The summed E-state index contributed by atoms with van der Waals surface area (Å²) in [5, 5.41) is 8.80. The number of rotatable bonds is 3. The third kappa shape index (κ3) is 3.56. The lowest BCUT2D eigenvalue weighted by atomic mass is 10.0. The van der Waals surface area contributed by atoms with Crippen molar-refractivity contribution in [1.29, 1.82) is 5.26 Å². The van der Waals surface area contributed by atoms with Gasteiger partial charge in [0.1, 0.15) is 6.07 Å². The van der Waals surface area contributed by atoms with Gasteiger partial charge < -0.3 is 4.90 Å². The van der Waals surface area contributed by atoms with Crippen molar-refractivity contribution in [2.45, 2.75) is 12.2 Å². The Kier molecular flexibility index (Phi) is 4.50. The summed E-state index contributed by atoms with van der Waals surface area (Å²) in [5.41, 5.74) is -0.349. The van der Waals surface area contributed by atoms with Crippen LogP contribution in [0.1, 0.15) is 17.2 Å². The molecule has 8 heteroatoms. The van der Waals surface area contributed by atoms with Gasteiger partial charge in [-0.3, -0.25) is 4.98 Å². The molecule has 120 valence electrons. The Hall–Kier alpha value is -2.69. The van der Waals surface area contributed by atoms with Crippen LogP contribution >= 0.6 is 0 Å². The van der Waals surface area contributed by atoms with E-state index in [-0.39, 0.29) is 11.3 Å². The fourth-order valence-corrected chi connectivity index (χ4v) is 2.15. The average Bonchev–Trinajstić information content (AvgIpc) is 2.49. The Morgan fingerprint density at radius 1 is 1.13 bits per heavy atom. The zero-order valence-electron chi connectivity index (χ0n) is 11.8. The largest absolute Gasteiger partial charge is 0.412 e. The topological polar surface area (TPSA) is 39.9 Å². The van der Waals surface area contributed by atoms with Gasteiger partial charge in [-0.2, -0.15) is 18.4 Å². The van der Waals surface area contributed by atoms with Gasteiger partial charge in [0.05, 0.1) is 17.4 Å². The molecule has 3 nitrogen and oxygen atoms in total. The summed E-state index contributed by atoms with van der Waals surface area (Å²) in [6.45, 7) is 0. The van der Waals surface area contributed by atoms with Crippen LogP contribution in [-0.4, -0.2) is 18.2 Å². The van der Waals surface area contributed by atoms with Gasteiger partial charge in [-0.15, -0.1) is 0 Å². The first-order chi connectivity index (χ1) is 10.7. The minimum Gasteiger partial charge on any atom is -0.358 e. The molecule has 23 heavy (non-hydrogen) atoms. The number of nitrogens with zero attached hydrogens (tertiary/aromatic N) is 3. The van der Waals surface area contributed by atoms with Crippen molar-refractivity contribution in [2.75, 3.05) is 11.9 Å². The van der Waals surface area contributed by atoms with Crippen LogP contribution in [0.3, 0.4) is 0 Å². The van der Waals surface area contributed by atoms with E-state index in [9.17, 15) is 22.0 Å². The third-order valence-corrected chi connectivity index (χ3v) is 3.22. The third-order valence-electron chi connectivity index (χ3n) is 3.22. The fraction of sp³-hybridized carbons (Fsp3) is 0.200. The predicted molar refractivity (Wildman–Crippen MR) is 72.5 cm³/mol. The van der Waals surface area contributed by atoms with E-state index in [1.165, 1.54) is 12.3 Å². The van der Waals surface area contributed by atoms with E-state index >= 15 is 0 Å². The van der Waals surface area contributed by atoms with E-state index in [2.05, 4.69) is 4.98 Å². The second kappa shape index (κ2) is 6.20. The standard InChI is InChI=1S/C15H10F5N3/c1-23(11-4-9(6-21)7-22-8-11)14(15(18,19)20)10-2-3-12(16)13(17)5-10/h2-5,7-8,14H,1H3/t14-/m1/s1. The molecule has 0 fully saturated rings. The second-order valence-corrected chi connectivity index (χ2v) is 4.77. The molecule has 1 aromatic carbocycles. The van der Waals surface area contributed by atoms with Crippen LogP contribution in [0.25, 0.3) is 0 Å². The van der Waals surface area contributed by atoms with Crippen molar-refractivity contribution in [3.8, 4) is 6.07 Å². The monoisotopic (exact) mass is 327 g/mol. The Morgan fingerprint density at radius 2 is 1.83 bits per heavy atom. The smallest absolute Gasteiger partial charge is 0.358 e. The first kappa shape index (κ1) is 16.7. The Morgan fingerprint density at radius 3 is 2.39 bits per heavy atom. The highest BCUT2D eigenvalue weighted by atomic mass is 19.4. The first-order valence-electron chi connectivity index (χ1n) is 6.33. The number of alkyl halides is 3. The molecule has 1 atom stereocenters. The molecule has 0 spiro atoms. The zero-order chi connectivity index (χ0) is 17.2. The van der Waals surface area contributed by atoms with Gasteiger partial charge in [-0.1, -0.05) is 6.07 Å². The Labute approximate surface area is 128 Å². The molecule has 0 aliphatic rings. The number of nitriles is 1. The van der Waals surface area contributed by atoms with Gasteiger partial charge in [-0.25, -0.2) is 8.78 Å². The van der Waals surface area contributed by atoms with Crippen LogP contribution in [0.4, 0.5) is 27.6 Å². The van der Waals surface area contributed by atoms with E-state index < -0.39 is 29.4 Å². The molecule has 1 heterocycles. The summed E-state index contributed by atoms with van der Waals surface area (Å²) < 4.78 is 66.5. The van der Waals surface area contributed by atoms with Crippen LogP contribution in [0.15, 0.2) is 36.7 Å². The maximum absolute atomic E-state index is 13.4. The van der Waals surface area contributed by atoms with Gasteiger partial charge in [0.15, 0.2) is 17.7 Å². The molecule has 0 amide bonds. The second-order valence-electron chi connectivity index (χ2n) is 4.77. The van der Waals surface area contributed by atoms with E-state index in [1.807, 2.05) is 0 Å². The molecule has 0 unspecified atom stereocenters. The highest BCUT2D eigenvalue weighted by Gasteiger charge is 2.44. The lowest BCUT2D eigenvalue weighted by molar-refractivity contribution is -0.149. The van der Waals surface area contributed by atoms with Crippen molar-refractivity contribution in [3.63, 3.8) is 0 Å². The number of hydrogen-bond donors (Lipinski definition) is 0. The molecular formula is C15H10F5N3. The Balaban J connectivity index is 2.50. The lowest BCUT2D eigenvalue weighted by Crippen LogP contribution is -2.36. The molecule has 0 radical (unpaired) electrons. The highest BCUT2D eigenvalue weighted by Crippen LogP contribution is 2.39. The van der Waals surface area contributed by atoms with Crippen LogP contribution in [0, 0.1) is 23.0 Å². The van der Waals surface area contributed by atoms with Crippen molar-refractivity contribution in [2.24, 2.45) is 0 Å². The molecular weight excluding hydrogens is 317 g/mol. The van der Waals surface area contributed by atoms with E-state index in [4.69, 9.17) is 5.26 Å². The normalized spacial score (nSPS) is 12.6. The maximum atomic E-state index is 13.4. The van der Waals surface area contributed by atoms with Crippen LogP contribution < -0.4 is 4.90 Å². The van der Waals surface area contributed by atoms with Gasteiger partial charge in [0, 0.05) is 13.2 Å². The van der Waals surface area contributed by atoms with Crippen molar-refractivity contribution in [1.82, 2.24) is 4.98 Å². The number of benzene rings is 1. The highest BCUT2D eigenvalue weighted by molar-refractivity contribution is 5.51. The van der Waals surface area contributed by atoms with E-state index in [0.717, 1.165) is 24.2 Å². The Bertz CT molecular complexity index is 752. The molecule has 0 bridgehead atoms. The maximum Gasteiger partial charge on any atom is 0.412 e. The predicted octanol–water partition coefficient (Wildman–Crippen LogP) is 3.97. The minimum absolute atomic E-state index is 0.0242. The number of pyridine rings is 1. The number of hydrogen-bond acceptors (Lipinski definition) is 3. The summed E-state index contributed by atoms with van der Waals surface area (Å²) in [6, 6.07) is 2.80. The lowest BCUT2D eigenvalue weighted by Gasteiger charge is -2.31. The van der Waals surface area contributed by atoms with Crippen molar-refractivity contribution >= 4 is 5.69 Å². The first-order valence-corrected chi connectivity index (χ1v) is 6.33. The van der Waals surface area contributed by atoms with Gasteiger partial charge in [0.25, 0.3) is 0 Å². The van der Waals surface area contributed by atoms with Crippen molar-refractivity contribution in [3.05, 3.63) is 59.4 Å². The summed E-state index contributed by atoms with van der Waals surface area (Å²) in [6.07, 6.45) is -2.39. The quantitative estimate of drug-likeness (QED) is 0.801. The van der Waals surface area contributed by atoms with Crippen LogP contribution in [0.2, 0.25) is 0 Å². The SMILES string of the molecule is CN(c1cncc(C#N)c1)[C@H](c1ccc(F)c(F)c1)C(F)(F)F. The molecule has 0 saturated heterocycles. The minimum atomic E-state index is -4.75. The summed E-state index contributed by atoms with van der Waals surface area (Å²) in [4.78, 5) is 4.51. The number of halogens is 5. The molecule has 0 aliphatic carbocycles. The van der Waals surface area contributed by atoms with Crippen LogP contribution in [-0.2, 0) is 0 Å². The summed E-state index contributed by atoms with van der Waals surface area (Å²) in [5.74, 6) is -2.60. The molecule has 0 saturated carbocycles. The zero-order valence-corrected chi connectivity index (χ0v) is 11.8. The van der Waals surface area contributed by atoms with E-state index in [0.29, 0.717) is 12.1 Å².